The van der Waals surface area contributed by atoms with Crippen molar-refractivity contribution < 1.29 is 9.53 Å². The Morgan fingerprint density at radius 3 is 2.42 bits per heavy atom. The van der Waals surface area contributed by atoms with Gasteiger partial charge >= 0.3 is 0 Å². The molecule has 7 heteroatoms. The summed E-state index contributed by atoms with van der Waals surface area (Å²) in [6, 6.07) is 21.3. The molecule has 1 unspecified atom stereocenters. The summed E-state index contributed by atoms with van der Waals surface area (Å²) in [5.41, 5.74) is 1.41. The zero-order chi connectivity index (χ0) is 27.1. The quantitative estimate of drug-likeness (QED) is 0.192. The van der Waals surface area contributed by atoms with Gasteiger partial charge in [0.2, 0.25) is 0 Å². The minimum atomic E-state index is -0.470. The molecular weight excluding hydrogens is 498 g/mol. The van der Waals surface area contributed by atoms with E-state index in [-0.39, 0.29) is 11.5 Å². The van der Waals surface area contributed by atoms with Crippen LogP contribution in [0.25, 0.3) is 16.6 Å². The molecule has 6 nitrogen and oxygen atoms in total. The Balaban J connectivity index is 1.94. The number of methoxy groups -OCH3 is 1. The Bertz CT molecular complexity index is 1470. The van der Waals surface area contributed by atoms with Gasteiger partial charge in [0.1, 0.15) is 11.6 Å². The van der Waals surface area contributed by atoms with Crippen molar-refractivity contribution in [1.82, 2.24) is 14.5 Å². The standard InChI is InChI=1S/C31H34ClN3O3/c1-4-6-7-14-21-34(30(36)22-15-8-10-17-24(22)32)26(5-2)29-33-25-18-11-9-16-23(25)31(37)35(29)27-19-12-13-20-28(27)38-3/h8-13,15-20,26H,4-7,14,21H2,1-3H3. The summed E-state index contributed by atoms with van der Waals surface area (Å²) in [6.45, 7) is 4.70. The van der Waals surface area contributed by atoms with Crippen molar-refractivity contribution in [3.05, 3.63) is 99.6 Å². The number of carbonyl (C=O) groups is 1. The van der Waals surface area contributed by atoms with Crippen LogP contribution in [-0.4, -0.2) is 34.0 Å². The SMILES string of the molecule is CCCCCCN(C(=O)c1ccccc1Cl)C(CC)c1nc2ccccc2c(=O)n1-c1ccccc1OC. The summed E-state index contributed by atoms with van der Waals surface area (Å²) in [7, 11) is 1.58. The maximum Gasteiger partial charge on any atom is 0.266 e. The fourth-order valence-electron chi connectivity index (χ4n) is 4.86. The third-order valence-corrected chi connectivity index (χ3v) is 7.14. The molecule has 0 aliphatic rings. The summed E-state index contributed by atoms with van der Waals surface area (Å²) in [4.78, 5) is 34.9. The number of halogens is 1. The van der Waals surface area contributed by atoms with Gasteiger partial charge in [-0.3, -0.25) is 14.2 Å². The number of rotatable bonds is 11. The van der Waals surface area contributed by atoms with Crippen LogP contribution < -0.4 is 10.3 Å². The maximum absolute atomic E-state index is 14.0. The smallest absolute Gasteiger partial charge is 0.266 e. The molecule has 0 spiro atoms. The van der Waals surface area contributed by atoms with Crippen molar-refractivity contribution in [1.29, 1.82) is 0 Å². The van der Waals surface area contributed by atoms with Crippen LogP contribution in [0.15, 0.2) is 77.6 Å². The van der Waals surface area contributed by atoms with Crippen molar-refractivity contribution in [2.24, 2.45) is 0 Å². The Morgan fingerprint density at radius 1 is 0.974 bits per heavy atom. The van der Waals surface area contributed by atoms with E-state index in [1.807, 2.05) is 66.4 Å². The van der Waals surface area contributed by atoms with E-state index in [0.717, 1.165) is 25.7 Å². The van der Waals surface area contributed by atoms with Crippen LogP contribution in [0.4, 0.5) is 0 Å². The first-order chi connectivity index (χ1) is 18.5. The molecular formula is C31H34ClN3O3. The molecule has 0 bridgehead atoms. The highest BCUT2D eigenvalue weighted by molar-refractivity contribution is 6.33. The lowest BCUT2D eigenvalue weighted by Crippen LogP contribution is -2.39. The van der Waals surface area contributed by atoms with E-state index < -0.39 is 6.04 Å². The number of amides is 1. The zero-order valence-electron chi connectivity index (χ0n) is 22.2. The summed E-state index contributed by atoms with van der Waals surface area (Å²) in [5, 5.41) is 0.906. The van der Waals surface area contributed by atoms with Crippen molar-refractivity contribution in [3.63, 3.8) is 0 Å². The molecule has 1 heterocycles. The highest BCUT2D eigenvalue weighted by Crippen LogP contribution is 2.31. The first-order valence-electron chi connectivity index (χ1n) is 13.2. The maximum atomic E-state index is 14.0. The average molecular weight is 532 g/mol. The second-order valence-electron chi connectivity index (χ2n) is 9.26. The molecule has 1 amide bonds. The van der Waals surface area contributed by atoms with Crippen LogP contribution in [-0.2, 0) is 0 Å². The largest absolute Gasteiger partial charge is 0.495 e. The van der Waals surface area contributed by atoms with E-state index in [2.05, 4.69) is 6.92 Å². The lowest BCUT2D eigenvalue weighted by Gasteiger charge is -2.33. The zero-order valence-corrected chi connectivity index (χ0v) is 22.9. The second-order valence-corrected chi connectivity index (χ2v) is 9.67. The van der Waals surface area contributed by atoms with Gasteiger partial charge in [-0.15, -0.1) is 0 Å². The van der Waals surface area contributed by atoms with Crippen LogP contribution in [0.3, 0.4) is 0 Å². The number of hydrogen-bond acceptors (Lipinski definition) is 4. The van der Waals surface area contributed by atoms with Crippen molar-refractivity contribution in [2.45, 2.75) is 52.0 Å². The number of ether oxygens (including phenoxy) is 1. The Morgan fingerprint density at radius 2 is 1.68 bits per heavy atom. The van der Waals surface area contributed by atoms with E-state index >= 15 is 0 Å². The molecule has 4 aromatic rings. The molecule has 0 aliphatic heterocycles. The van der Waals surface area contributed by atoms with Crippen LogP contribution in [0.2, 0.25) is 5.02 Å². The van der Waals surface area contributed by atoms with E-state index in [4.69, 9.17) is 21.3 Å². The first kappa shape index (κ1) is 27.4. The van der Waals surface area contributed by atoms with Crippen molar-refractivity contribution in [3.8, 4) is 11.4 Å². The molecule has 0 aliphatic carbocycles. The van der Waals surface area contributed by atoms with Gasteiger partial charge in [-0.1, -0.05) is 81.1 Å². The second kappa shape index (κ2) is 12.7. The Labute approximate surface area is 228 Å². The summed E-state index contributed by atoms with van der Waals surface area (Å²) in [6.07, 6.45) is 4.58. The highest BCUT2D eigenvalue weighted by Gasteiger charge is 2.31. The molecule has 0 saturated carbocycles. The third-order valence-electron chi connectivity index (χ3n) is 6.81. The molecule has 4 rings (SSSR count). The molecule has 38 heavy (non-hydrogen) atoms. The monoisotopic (exact) mass is 531 g/mol. The predicted octanol–water partition coefficient (Wildman–Crippen LogP) is 7.22. The molecule has 3 aromatic carbocycles. The van der Waals surface area contributed by atoms with Gasteiger partial charge in [0, 0.05) is 6.54 Å². The lowest BCUT2D eigenvalue weighted by molar-refractivity contribution is 0.0655. The summed E-state index contributed by atoms with van der Waals surface area (Å²) in [5.74, 6) is 0.874. The van der Waals surface area contributed by atoms with E-state index in [0.29, 0.717) is 51.7 Å². The van der Waals surface area contributed by atoms with Gasteiger partial charge in [-0.2, -0.15) is 0 Å². The molecule has 0 N–H and O–H groups in total. The van der Waals surface area contributed by atoms with Gasteiger partial charge in [0.05, 0.1) is 40.3 Å². The number of benzene rings is 3. The number of para-hydroxylation sites is 3. The normalized spacial score (nSPS) is 11.9. The van der Waals surface area contributed by atoms with E-state index in [1.165, 1.54) is 0 Å². The van der Waals surface area contributed by atoms with Crippen molar-refractivity contribution in [2.75, 3.05) is 13.7 Å². The number of unbranched alkanes of at least 4 members (excludes halogenated alkanes) is 3. The third kappa shape index (κ3) is 5.60. The van der Waals surface area contributed by atoms with Gasteiger partial charge in [-0.25, -0.2) is 4.98 Å². The fraction of sp³-hybridized carbons (Fsp3) is 0.323. The number of aromatic nitrogens is 2. The minimum Gasteiger partial charge on any atom is -0.495 e. The number of fused-ring (bicyclic) bond motifs is 1. The lowest BCUT2D eigenvalue weighted by atomic mass is 10.1. The average Bonchev–Trinajstić information content (AvgIpc) is 2.95. The Kier molecular flexibility index (Phi) is 9.19. The molecule has 198 valence electrons. The van der Waals surface area contributed by atoms with Gasteiger partial charge < -0.3 is 9.64 Å². The molecule has 1 aromatic heterocycles. The minimum absolute atomic E-state index is 0.173. The van der Waals surface area contributed by atoms with E-state index in [1.54, 1.807) is 29.9 Å². The number of nitrogens with zero attached hydrogens (tertiary/aromatic N) is 3. The topological polar surface area (TPSA) is 64.4 Å². The van der Waals surface area contributed by atoms with Gasteiger partial charge in [0.15, 0.2) is 0 Å². The molecule has 0 radical (unpaired) electrons. The summed E-state index contributed by atoms with van der Waals surface area (Å²) >= 11 is 6.48. The number of carbonyl (C=O) groups excluding carboxylic acids is 1. The predicted molar refractivity (Wildman–Crippen MR) is 154 cm³/mol. The Hall–Kier alpha value is -3.64. The highest BCUT2D eigenvalue weighted by atomic mass is 35.5. The van der Waals surface area contributed by atoms with Crippen LogP contribution in [0.5, 0.6) is 5.75 Å². The molecule has 0 saturated heterocycles. The van der Waals surface area contributed by atoms with Crippen LogP contribution >= 0.6 is 11.6 Å². The number of hydrogen-bond donors (Lipinski definition) is 0. The fourth-order valence-corrected chi connectivity index (χ4v) is 5.08. The van der Waals surface area contributed by atoms with Crippen molar-refractivity contribution >= 4 is 28.4 Å². The molecule has 0 fully saturated rings. The first-order valence-corrected chi connectivity index (χ1v) is 13.6. The summed E-state index contributed by atoms with van der Waals surface area (Å²) < 4.78 is 7.24. The van der Waals surface area contributed by atoms with Gasteiger partial charge in [0.25, 0.3) is 11.5 Å². The van der Waals surface area contributed by atoms with Crippen LogP contribution in [0.1, 0.15) is 68.2 Å². The van der Waals surface area contributed by atoms with Crippen LogP contribution in [0, 0.1) is 0 Å². The molecule has 1 atom stereocenters. The van der Waals surface area contributed by atoms with Gasteiger partial charge in [-0.05, 0) is 49.2 Å². The van der Waals surface area contributed by atoms with E-state index in [9.17, 15) is 9.59 Å².